The standard InChI is InChI=1S/C54H36N2/c1-3-13-44(14-4-1)55(46-28-21-37(22-29-46)41-26-32-49-43(35-41)20-19-39-11-7-9-17-48(39)49)47-30-23-38(24-31-47)42-27-33-51-52-34-25-40-12-8-10-18-50(40)54(52)56(53(51)36-42)45-15-5-2-6-16-45/h1-36H. The molecule has 2 heteroatoms. The normalized spacial score (nSPS) is 11.6. The highest BCUT2D eigenvalue weighted by Crippen LogP contribution is 2.40. The van der Waals surface area contributed by atoms with E-state index in [1.165, 1.54) is 76.4 Å². The Hall–Kier alpha value is -7.42. The highest BCUT2D eigenvalue weighted by atomic mass is 15.1. The lowest BCUT2D eigenvalue weighted by Gasteiger charge is -2.26. The molecule has 0 atom stereocenters. The molecule has 1 aromatic heterocycles. The molecule has 0 unspecified atom stereocenters. The zero-order chi connectivity index (χ0) is 37.0. The van der Waals surface area contributed by atoms with Crippen LogP contribution in [-0.2, 0) is 0 Å². The Balaban J connectivity index is 0.969. The van der Waals surface area contributed by atoms with Crippen molar-refractivity contribution in [3.63, 3.8) is 0 Å². The number of nitrogens with zero attached hydrogens (tertiary/aromatic N) is 2. The Morgan fingerprint density at radius 3 is 1.45 bits per heavy atom. The number of benzene rings is 10. The second-order valence-electron chi connectivity index (χ2n) is 14.6. The molecule has 11 rings (SSSR count). The van der Waals surface area contributed by atoms with E-state index in [2.05, 4.69) is 228 Å². The van der Waals surface area contributed by atoms with Gasteiger partial charge in [-0.15, -0.1) is 0 Å². The van der Waals surface area contributed by atoms with Crippen LogP contribution in [0.5, 0.6) is 0 Å². The van der Waals surface area contributed by atoms with Crippen LogP contribution in [0, 0.1) is 0 Å². The smallest absolute Gasteiger partial charge is 0.0619 e. The fraction of sp³-hybridized carbons (Fsp3) is 0. The molecule has 0 spiro atoms. The molecule has 0 bridgehead atoms. The molecule has 56 heavy (non-hydrogen) atoms. The van der Waals surface area contributed by atoms with E-state index < -0.39 is 0 Å². The molecule has 0 aliphatic rings. The molecule has 0 aliphatic carbocycles. The molecule has 0 amide bonds. The second kappa shape index (κ2) is 13.2. The minimum atomic E-state index is 1.11. The molecule has 0 N–H and O–H groups in total. The molecule has 0 saturated carbocycles. The lowest BCUT2D eigenvalue weighted by Crippen LogP contribution is -2.09. The Morgan fingerprint density at radius 1 is 0.286 bits per heavy atom. The van der Waals surface area contributed by atoms with E-state index in [-0.39, 0.29) is 0 Å². The van der Waals surface area contributed by atoms with Crippen LogP contribution in [0.2, 0.25) is 0 Å². The summed E-state index contributed by atoms with van der Waals surface area (Å²) in [4.78, 5) is 2.33. The number of rotatable bonds is 6. The highest BCUT2D eigenvalue weighted by molar-refractivity contribution is 6.19. The molecular weight excluding hydrogens is 677 g/mol. The van der Waals surface area contributed by atoms with Gasteiger partial charge < -0.3 is 9.47 Å². The van der Waals surface area contributed by atoms with E-state index in [4.69, 9.17) is 0 Å². The summed E-state index contributed by atoms with van der Waals surface area (Å²) in [7, 11) is 0. The molecule has 262 valence electrons. The quantitative estimate of drug-likeness (QED) is 0.156. The minimum absolute atomic E-state index is 1.11. The average Bonchev–Trinajstić information content (AvgIpc) is 3.62. The Labute approximate surface area is 325 Å². The summed E-state index contributed by atoms with van der Waals surface area (Å²) in [6.07, 6.45) is 0. The van der Waals surface area contributed by atoms with Gasteiger partial charge in [-0.05, 0) is 110 Å². The fourth-order valence-corrected chi connectivity index (χ4v) is 8.63. The topological polar surface area (TPSA) is 8.17 Å². The predicted molar refractivity (Wildman–Crippen MR) is 239 cm³/mol. The van der Waals surface area contributed by atoms with E-state index in [0.717, 1.165) is 22.7 Å². The van der Waals surface area contributed by atoms with Crippen molar-refractivity contribution in [3.8, 4) is 27.9 Å². The third-order valence-corrected chi connectivity index (χ3v) is 11.3. The number of anilines is 3. The summed E-state index contributed by atoms with van der Waals surface area (Å²) >= 11 is 0. The highest BCUT2D eigenvalue weighted by Gasteiger charge is 2.17. The van der Waals surface area contributed by atoms with Gasteiger partial charge in [0.15, 0.2) is 0 Å². The maximum Gasteiger partial charge on any atom is 0.0619 e. The molecular formula is C54H36N2. The van der Waals surface area contributed by atoms with Gasteiger partial charge in [0.1, 0.15) is 0 Å². The van der Waals surface area contributed by atoms with Crippen LogP contribution in [0.25, 0.3) is 82.1 Å². The Bertz CT molecular complexity index is 3210. The number of para-hydroxylation sites is 2. The van der Waals surface area contributed by atoms with Crippen LogP contribution in [0.3, 0.4) is 0 Å². The zero-order valence-electron chi connectivity index (χ0n) is 30.7. The lowest BCUT2D eigenvalue weighted by atomic mass is 9.97. The molecule has 10 aromatic carbocycles. The summed E-state index contributed by atoms with van der Waals surface area (Å²) in [5.74, 6) is 0. The summed E-state index contributed by atoms with van der Waals surface area (Å²) in [6, 6.07) is 79.4. The van der Waals surface area contributed by atoms with E-state index in [1.54, 1.807) is 0 Å². The largest absolute Gasteiger partial charge is 0.311 e. The molecule has 11 aromatic rings. The van der Waals surface area contributed by atoms with Gasteiger partial charge in [-0.2, -0.15) is 0 Å². The SMILES string of the molecule is c1ccc(N(c2ccc(-c3ccc4c(ccc5ccccc54)c3)cc2)c2ccc(-c3ccc4c5ccc6ccccc6c5n(-c5ccccc5)c4c3)cc2)cc1. The van der Waals surface area contributed by atoms with Crippen LogP contribution < -0.4 is 4.90 Å². The van der Waals surface area contributed by atoms with Crippen molar-refractivity contribution in [2.45, 2.75) is 0 Å². The van der Waals surface area contributed by atoms with Gasteiger partial charge in [-0.1, -0.05) is 158 Å². The second-order valence-corrected chi connectivity index (χ2v) is 14.6. The first kappa shape index (κ1) is 32.0. The van der Waals surface area contributed by atoms with Crippen LogP contribution in [-0.4, -0.2) is 4.57 Å². The van der Waals surface area contributed by atoms with Crippen molar-refractivity contribution in [2.24, 2.45) is 0 Å². The summed E-state index contributed by atoms with van der Waals surface area (Å²) in [6.45, 7) is 0. The van der Waals surface area contributed by atoms with Crippen molar-refractivity contribution in [1.82, 2.24) is 4.57 Å². The molecule has 0 fully saturated rings. The van der Waals surface area contributed by atoms with Gasteiger partial charge in [-0.25, -0.2) is 0 Å². The summed E-state index contributed by atoms with van der Waals surface area (Å²) in [5.41, 5.74) is 11.7. The number of hydrogen-bond donors (Lipinski definition) is 0. The van der Waals surface area contributed by atoms with Gasteiger partial charge in [0.05, 0.1) is 11.0 Å². The van der Waals surface area contributed by atoms with Crippen LogP contribution in [0.1, 0.15) is 0 Å². The third kappa shape index (κ3) is 5.34. The predicted octanol–water partition coefficient (Wildman–Crippen LogP) is 15.0. The van der Waals surface area contributed by atoms with Gasteiger partial charge >= 0.3 is 0 Å². The van der Waals surface area contributed by atoms with Gasteiger partial charge in [0.25, 0.3) is 0 Å². The van der Waals surface area contributed by atoms with Gasteiger partial charge in [0.2, 0.25) is 0 Å². The van der Waals surface area contributed by atoms with Crippen LogP contribution in [0.15, 0.2) is 218 Å². The van der Waals surface area contributed by atoms with Crippen molar-refractivity contribution in [1.29, 1.82) is 0 Å². The van der Waals surface area contributed by atoms with Crippen LogP contribution in [0.4, 0.5) is 17.1 Å². The number of hydrogen-bond acceptors (Lipinski definition) is 1. The first-order valence-corrected chi connectivity index (χ1v) is 19.3. The first-order chi connectivity index (χ1) is 27.8. The van der Waals surface area contributed by atoms with E-state index in [0.29, 0.717) is 0 Å². The average molecular weight is 713 g/mol. The molecule has 2 nitrogen and oxygen atoms in total. The molecule has 0 aliphatic heterocycles. The molecule has 0 saturated heterocycles. The Morgan fingerprint density at radius 2 is 0.750 bits per heavy atom. The van der Waals surface area contributed by atoms with Crippen LogP contribution >= 0.6 is 0 Å². The van der Waals surface area contributed by atoms with E-state index in [1.807, 2.05) is 0 Å². The van der Waals surface area contributed by atoms with Crippen molar-refractivity contribution >= 4 is 71.2 Å². The summed E-state index contributed by atoms with van der Waals surface area (Å²) in [5, 5.41) is 10.1. The molecule has 0 radical (unpaired) electrons. The molecule has 1 heterocycles. The zero-order valence-corrected chi connectivity index (χ0v) is 30.7. The minimum Gasteiger partial charge on any atom is -0.311 e. The van der Waals surface area contributed by atoms with E-state index >= 15 is 0 Å². The Kier molecular flexibility index (Phi) is 7.53. The number of aromatic nitrogens is 1. The maximum absolute atomic E-state index is 2.44. The maximum atomic E-state index is 2.44. The monoisotopic (exact) mass is 712 g/mol. The first-order valence-electron chi connectivity index (χ1n) is 19.3. The fourth-order valence-electron chi connectivity index (χ4n) is 8.63. The van der Waals surface area contributed by atoms with Gasteiger partial charge in [0, 0.05) is 38.9 Å². The van der Waals surface area contributed by atoms with Crippen molar-refractivity contribution < 1.29 is 0 Å². The number of fused-ring (bicyclic) bond motifs is 8. The van der Waals surface area contributed by atoms with E-state index in [9.17, 15) is 0 Å². The third-order valence-electron chi connectivity index (χ3n) is 11.3. The lowest BCUT2D eigenvalue weighted by molar-refractivity contribution is 1.19. The van der Waals surface area contributed by atoms with Crippen molar-refractivity contribution in [3.05, 3.63) is 218 Å². The van der Waals surface area contributed by atoms with Crippen molar-refractivity contribution in [2.75, 3.05) is 4.90 Å². The van der Waals surface area contributed by atoms with Gasteiger partial charge in [-0.3, -0.25) is 0 Å². The summed E-state index contributed by atoms with van der Waals surface area (Å²) < 4.78 is 2.44.